The monoisotopic (exact) mass is 323 g/mol. The van der Waals surface area contributed by atoms with Gasteiger partial charge in [0.15, 0.2) is 0 Å². The normalized spacial score (nSPS) is 17.1. The summed E-state index contributed by atoms with van der Waals surface area (Å²) in [5.41, 5.74) is 3.35. The highest BCUT2D eigenvalue weighted by atomic mass is 16.2. The fourth-order valence-corrected chi connectivity index (χ4v) is 2.76. The molecule has 1 aliphatic heterocycles. The van der Waals surface area contributed by atoms with E-state index in [2.05, 4.69) is 36.1 Å². The molecule has 2 amide bonds. The summed E-state index contributed by atoms with van der Waals surface area (Å²) in [6.07, 6.45) is 6.25. The van der Waals surface area contributed by atoms with Gasteiger partial charge in [-0.15, -0.1) is 0 Å². The molecule has 4 heterocycles. The number of nitrogens with zero attached hydrogens (tertiary/aromatic N) is 3. The lowest BCUT2D eigenvalue weighted by Gasteiger charge is -2.12. The zero-order chi connectivity index (χ0) is 16.4. The molecule has 3 aromatic heterocycles. The number of carbonyl (C=O) groups is 1. The number of hydrogen-bond donors (Lipinski definition) is 4. The van der Waals surface area contributed by atoms with E-state index in [-0.39, 0.29) is 12.1 Å². The van der Waals surface area contributed by atoms with E-state index in [1.54, 1.807) is 24.7 Å². The van der Waals surface area contributed by atoms with E-state index in [0.29, 0.717) is 11.3 Å². The molecular formula is C16H17N7O. The number of pyridine rings is 2. The van der Waals surface area contributed by atoms with Gasteiger partial charge in [0.05, 0.1) is 17.2 Å². The highest BCUT2D eigenvalue weighted by Crippen LogP contribution is 2.21. The smallest absolute Gasteiger partial charge is 0.320 e. The summed E-state index contributed by atoms with van der Waals surface area (Å²) in [6.45, 7) is 1.73. The molecule has 24 heavy (non-hydrogen) atoms. The molecule has 4 rings (SSSR count). The topological polar surface area (TPSA) is 108 Å². The number of rotatable bonds is 3. The first kappa shape index (κ1) is 14.6. The molecule has 8 heteroatoms. The number of urea groups is 1. The van der Waals surface area contributed by atoms with E-state index in [9.17, 15) is 4.79 Å². The fraction of sp³-hybridized carbons (Fsp3) is 0.250. The Morgan fingerprint density at radius 1 is 1.21 bits per heavy atom. The van der Waals surface area contributed by atoms with Gasteiger partial charge >= 0.3 is 6.03 Å². The molecule has 0 unspecified atom stereocenters. The molecule has 0 bridgehead atoms. The second kappa shape index (κ2) is 6.25. The Labute approximate surface area is 138 Å². The van der Waals surface area contributed by atoms with Crippen LogP contribution in [0, 0.1) is 0 Å². The van der Waals surface area contributed by atoms with Gasteiger partial charge in [0.1, 0.15) is 5.82 Å². The SMILES string of the molecule is O=C(Nc1ccc2ncc(-c3cn[nH]c3)cc2n1)N[C@@H]1CCNC1. The number of nitrogens with one attached hydrogen (secondary N) is 4. The summed E-state index contributed by atoms with van der Waals surface area (Å²) in [5, 5.41) is 15.6. The van der Waals surface area contributed by atoms with Crippen molar-refractivity contribution in [2.24, 2.45) is 0 Å². The number of carbonyl (C=O) groups excluding carboxylic acids is 1. The number of anilines is 1. The molecule has 0 aromatic carbocycles. The van der Waals surface area contributed by atoms with Crippen molar-refractivity contribution >= 4 is 22.9 Å². The fourth-order valence-electron chi connectivity index (χ4n) is 2.76. The van der Waals surface area contributed by atoms with Gasteiger partial charge in [-0.25, -0.2) is 9.78 Å². The summed E-state index contributed by atoms with van der Waals surface area (Å²) in [7, 11) is 0. The van der Waals surface area contributed by atoms with Crippen molar-refractivity contribution in [3.05, 3.63) is 36.8 Å². The van der Waals surface area contributed by atoms with Crippen LogP contribution in [0.5, 0.6) is 0 Å². The maximum atomic E-state index is 12.0. The maximum absolute atomic E-state index is 12.0. The molecular weight excluding hydrogens is 306 g/mol. The van der Waals surface area contributed by atoms with Crippen molar-refractivity contribution in [3.8, 4) is 11.1 Å². The molecule has 1 aliphatic rings. The summed E-state index contributed by atoms with van der Waals surface area (Å²) < 4.78 is 0. The van der Waals surface area contributed by atoms with Crippen LogP contribution in [0.2, 0.25) is 0 Å². The van der Waals surface area contributed by atoms with Crippen molar-refractivity contribution in [1.82, 2.24) is 30.8 Å². The van der Waals surface area contributed by atoms with Crippen molar-refractivity contribution in [3.63, 3.8) is 0 Å². The van der Waals surface area contributed by atoms with Gasteiger partial charge in [0, 0.05) is 36.1 Å². The molecule has 8 nitrogen and oxygen atoms in total. The number of aromatic nitrogens is 4. The first-order chi connectivity index (χ1) is 11.8. The summed E-state index contributed by atoms with van der Waals surface area (Å²) in [6, 6.07) is 5.44. The van der Waals surface area contributed by atoms with Crippen LogP contribution in [-0.2, 0) is 0 Å². The van der Waals surface area contributed by atoms with Crippen LogP contribution >= 0.6 is 0 Å². The van der Waals surface area contributed by atoms with Crippen molar-refractivity contribution in [2.75, 3.05) is 18.4 Å². The number of aromatic amines is 1. The Kier molecular flexibility index (Phi) is 3.80. The minimum atomic E-state index is -0.241. The third kappa shape index (κ3) is 3.04. The van der Waals surface area contributed by atoms with Gasteiger partial charge in [0.2, 0.25) is 0 Å². The van der Waals surface area contributed by atoms with Crippen LogP contribution in [-0.4, -0.2) is 45.3 Å². The molecule has 1 atom stereocenters. The van der Waals surface area contributed by atoms with Crippen LogP contribution in [0.3, 0.4) is 0 Å². The zero-order valence-corrected chi connectivity index (χ0v) is 12.9. The first-order valence-corrected chi connectivity index (χ1v) is 7.82. The Morgan fingerprint density at radius 2 is 2.17 bits per heavy atom. The Bertz CT molecular complexity index is 856. The van der Waals surface area contributed by atoms with Crippen molar-refractivity contribution in [2.45, 2.75) is 12.5 Å². The quantitative estimate of drug-likeness (QED) is 0.584. The lowest BCUT2D eigenvalue weighted by molar-refractivity contribution is 0.249. The largest absolute Gasteiger partial charge is 0.334 e. The molecule has 4 N–H and O–H groups in total. The van der Waals surface area contributed by atoms with Crippen LogP contribution < -0.4 is 16.0 Å². The lowest BCUT2D eigenvalue weighted by Crippen LogP contribution is -2.39. The molecule has 0 spiro atoms. The zero-order valence-electron chi connectivity index (χ0n) is 12.9. The third-order valence-corrected chi connectivity index (χ3v) is 4.01. The summed E-state index contributed by atoms with van der Waals surface area (Å²) in [5.74, 6) is 0.497. The predicted molar refractivity (Wildman–Crippen MR) is 90.5 cm³/mol. The van der Waals surface area contributed by atoms with E-state index in [0.717, 1.165) is 36.2 Å². The summed E-state index contributed by atoms with van der Waals surface area (Å²) >= 11 is 0. The van der Waals surface area contributed by atoms with Crippen LogP contribution in [0.4, 0.5) is 10.6 Å². The highest BCUT2D eigenvalue weighted by molar-refractivity contribution is 5.90. The van der Waals surface area contributed by atoms with Gasteiger partial charge < -0.3 is 10.6 Å². The van der Waals surface area contributed by atoms with Crippen LogP contribution in [0.25, 0.3) is 22.2 Å². The highest BCUT2D eigenvalue weighted by Gasteiger charge is 2.16. The molecule has 1 fully saturated rings. The molecule has 0 aliphatic carbocycles. The van der Waals surface area contributed by atoms with E-state index >= 15 is 0 Å². The maximum Gasteiger partial charge on any atom is 0.320 e. The minimum Gasteiger partial charge on any atom is -0.334 e. The van der Waals surface area contributed by atoms with Crippen LogP contribution in [0.1, 0.15) is 6.42 Å². The second-order valence-corrected chi connectivity index (χ2v) is 5.73. The second-order valence-electron chi connectivity index (χ2n) is 5.73. The molecule has 1 saturated heterocycles. The van der Waals surface area contributed by atoms with E-state index in [1.165, 1.54) is 0 Å². The number of hydrogen-bond acceptors (Lipinski definition) is 5. The van der Waals surface area contributed by atoms with Gasteiger partial charge in [-0.1, -0.05) is 0 Å². The summed E-state index contributed by atoms with van der Waals surface area (Å²) in [4.78, 5) is 20.9. The predicted octanol–water partition coefficient (Wildman–Crippen LogP) is 1.50. The standard InChI is InChI=1S/C16H17N7O/c24-16(21-12-3-4-17-9-12)23-15-2-1-13-14(22-15)5-10(6-18-13)11-7-19-20-8-11/h1-2,5-8,12,17H,3-4,9H2,(H,19,20)(H2,21,22,23,24)/t12-/m1/s1. The van der Waals surface area contributed by atoms with Gasteiger partial charge in [-0.05, 0) is 31.2 Å². The van der Waals surface area contributed by atoms with Crippen LogP contribution in [0.15, 0.2) is 36.8 Å². The van der Waals surface area contributed by atoms with Gasteiger partial charge in [0.25, 0.3) is 0 Å². The van der Waals surface area contributed by atoms with E-state index in [1.807, 2.05) is 12.1 Å². The van der Waals surface area contributed by atoms with Gasteiger partial charge in [-0.3, -0.25) is 15.4 Å². The van der Waals surface area contributed by atoms with Crippen molar-refractivity contribution < 1.29 is 4.79 Å². The number of fused-ring (bicyclic) bond motifs is 1. The molecule has 0 radical (unpaired) electrons. The van der Waals surface area contributed by atoms with E-state index < -0.39 is 0 Å². The Hall–Kier alpha value is -3.00. The average Bonchev–Trinajstić information content (AvgIpc) is 3.27. The molecule has 122 valence electrons. The molecule has 3 aromatic rings. The number of H-pyrrole nitrogens is 1. The van der Waals surface area contributed by atoms with E-state index in [4.69, 9.17) is 0 Å². The lowest BCUT2D eigenvalue weighted by atomic mass is 10.1. The number of amides is 2. The third-order valence-electron chi connectivity index (χ3n) is 4.01. The Balaban J connectivity index is 1.54. The first-order valence-electron chi connectivity index (χ1n) is 7.82. The minimum absolute atomic E-state index is 0.166. The van der Waals surface area contributed by atoms with Gasteiger partial charge in [-0.2, -0.15) is 5.10 Å². The van der Waals surface area contributed by atoms with Crippen molar-refractivity contribution in [1.29, 1.82) is 0 Å². The average molecular weight is 323 g/mol. The Morgan fingerprint density at radius 3 is 2.96 bits per heavy atom. The molecule has 0 saturated carbocycles.